The van der Waals surface area contributed by atoms with Crippen LogP contribution >= 0.6 is 0 Å². The standard InChI is InChI=1S/C13H19N3O/c1-10(14)12-4-2-3-9-16(12)13(17)11-5-7-15-8-6-11/h5-8,10,12H,2-4,9,14H2,1H3/t10-,12-/m1/s1. The van der Waals surface area contributed by atoms with Gasteiger partial charge in [-0.05, 0) is 38.3 Å². The van der Waals surface area contributed by atoms with Gasteiger partial charge in [0.05, 0.1) is 0 Å². The molecule has 4 heteroatoms. The summed E-state index contributed by atoms with van der Waals surface area (Å²) in [4.78, 5) is 18.2. The second-order valence-corrected chi connectivity index (χ2v) is 4.66. The molecule has 1 fully saturated rings. The van der Waals surface area contributed by atoms with Crippen molar-refractivity contribution in [1.29, 1.82) is 0 Å². The minimum atomic E-state index is 0.0288. The lowest BCUT2D eigenvalue weighted by Gasteiger charge is -2.38. The van der Waals surface area contributed by atoms with E-state index in [1.54, 1.807) is 24.5 Å². The zero-order valence-electron chi connectivity index (χ0n) is 10.2. The van der Waals surface area contributed by atoms with Gasteiger partial charge in [-0.2, -0.15) is 0 Å². The molecule has 1 aliphatic heterocycles. The maximum Gasteiger partial charge on any atom is 0.254 e. The molecule has 1 aromatic heterocycles. The molecule has 0 spiro atoms. The molecule has 0 aromatic carbocycles. The van der Waals surface area contributed by atoms with Crippen molar-refractivity contribution < 1.29 is 4.79 Å². The smallest absolute Gasteiger partial charge is 0.254 e. The maximum absolute atomic E-state index is 12.4. The van der Waals surface area contributed by atoms with E-state index in [1.807, 2.05) is 11.8 Å². The number of amides is 1. The Bertz CT molecular complexity index is 378. The highest BCUT2D eigenvalue weighted by Gasteiger charge is 2.29. The van der Waals surface area contributed by atoms with Crippen LogP contribution in [0.4, 0.5) is 0 Å². The van der Waals surface area contributed by atoms with Crippen molar-refractivity contribution in [3.63, 3.8) is 0 Å². The summed E-state index contributed by atoms with van der Waals surface area (Å²) in [6.07, 6.45) is 6.54. The zero-order valence-corrected chi connectivity index (χ0v) is 10.2. The summed E-state index contributed by atoms with van der Waals surface area (Å²) < 4.78 is 0. The number of carbonyl (C=O) groups excluding carboxylic acids is 1. The van der Waals surface area contributed by atoms with Crippen LogP contribution in [-0.2, 0) is 0 Å². The first-order chi connectivity index (χ1) is 8.20. The quantitative estimate of drug-likeness (QED) is 0.840. The molecule has 2 atom stereocenters. The van der Waals surface area contributed by atoms with Crippen molar-refractivity contribution in [3.05, 3.63) is 30.1 Å². The molecule has 92 valence electrons. The predicted octanol–water partition coefficient (Wildman–Crippen LogP) is 1.42. The van der Waals surface area contributed by atoms with Gasteiger partial charge >= 0.3 is 0 Å². The molecular weight excluding hydrogens is 214 g/mol. The summed E-state index contributed by atoms with van der Waals surface area (Å²) in [6.45, 7) is 2.79. The number of rotatable bonds is 2. The van der Waals surface area contributed by atoms with Gasteiger partial charge in [-0.3, -0.25) is 9.78 Å². The summed E-state index contributed by atoms with van der Waals surface area (Å²) in [5, 5.41) is 0. The summed E-state index contributed by atoms with van der Waals surface area (Å²) in [7, 11) is 0. The van der Waals surface area contributed by atoms with E-state index in [2.05, 4.69) is 4.98 Å². The first kappa shape index (κ1) is 12.0. The molecule has 0 bridgehead atoms. The van der Waals surface area contributed by atoms with Crippen molar-refractivity contribution in [3.8, 4) is 0 Å². The molecule has 4 nitrogen and oxygen atoms in total. The summed E-state index contributed by atoms with van der Waals surface area (Å²) in [6, 6.07) is 3.72. The van der Waals surface area contributed by atoms with E-state index in [-0.39, 0.29) is 18.0 Å². The third kappa shape index (κ3) is 2.64. The molecule has 1 aromatic rings. The molecule has 17 heavy (non-hydrogen) atoms. The SMILES string of the molecule is C[C@@H](N)[C@H]1CCCCN1C(=O)c1ccncc1. The van der Waals surface area contributed by atoms with E-state index in [4.69, 9.17) is 5.73 Å². The van der Waals surface area contributed by atoms with Gasteiger partial charge in [0, 0.05) is 36.6 Å². The average molecular weight is 233 g/mol. The second kappa shape index (κ2) is 5.27. The lowest BCUT2D eigenvalue weighted by molar-refractivity contribution is 0.0583. The van der Waals surface area contributed by atoms with Gasteiger partial charge < -0.3 is 10.6 Å². The molecule has 2 rings (SSSR count). The third-order valence-electron chi connectivity index (χ3n) is 3.34. The lowest BCUT2D eigenvalue weighted by atomic mass is 9.96. The number of nitrogens with zero attached hydrogens (tertiary/aromatic N) is 2. The number of hydrogen-bond acceptors (Lipinski definition) is 3. The van der Waals surface area contributed by atoms with Gasteiger partial charge in [0.25, 0.3) is 5.91 Å². The Morgan fingerprint density at radius 2 is 2.18 bits per heavy atom. The van der Waals surface area contributed by atoms with E-state index < -0.39 is 0 Å². The first-order valence-electron chi connectivity index (χ1n) is 6.16. The molecule has 1 aliphatic rings. The highest BCUT2D eigenvalue weighted by atomic mass is 16.2. The van der Waals surface area contributed by atoms with Crippen LogP contribution in [-0.4, -0.2) is 34.4 Å². The number of piperidine rings is 1. The fourth-order valence-electron chi connectivity index (χ4n) is 2.42. The van der Waals surface area contributed by atoms with Gasteiger partial charge in [0.1, 0.15) is 0 Å². The molecule has 0 saturated carbocycles. The van der Waals surface area contributed by atoms with Crippen LogP contribution in [0.3, 0.4) is 0 Å². The molecule has 0 radical (unpaired) electrons. The van der Waals surface area contributed by atoms with Gasteiger partial charge in [-0.1, -0.05) is 0 Å². The minimum absolute atomic E-state index is 0.0288. The van der Waals surface area contributed by atoms with E-state index in [0.717, 1.165) is 25.8 Å². The third-order valence-corrected chi connectivity index (χ3v) is 3.34. The summed E-state index contributed by atoms with van der Waals surface area (Å²) in [5.74, 6) is 0.0781. The van der Waals surface area contributed by atoms with Crippen LogP contribution in [0.1, 0.15) is 36.5 Å². The van der Waals surface area contributed by atoms with E-state index >= 15 is 0 Å². The highest BCUT2D eigenvalue weighted by molar-refractivity contribution is 5.94. The van der Waals surface area contributed by atoms with E-state index in [1.165, 1.54) is 0 Å². The second-order valence-electron chi connectivity index (χ2n) is 4.66. The Hall–Kier alpha value is -1.42. The number of hydrogen-bond donors (Lipinski definition) is 1. The molecule has 1 saturated heterocycles. The van der Waals surface area contributed by atoms with Crippen LogP contribution in [0.2, 0.25) is 0 Å². The Balaban J connectivity index is 2.17. The van der Waals surface area contributed by atoms with Crippen molar-refractivity contribution in [1.82, 2.24) is 9.88 Å². The molecular formula is C13H19N3O. The first-order valence-corrected chi connectivity index (χ1v) is 6.16. The van der Waals surface area contributed by atoms with Gasteiger partial charge in [-0.15, -0.1) is 0 Å². The number of likely N-dealkylation sites (tertiary alicyclic amines) is 1. The summed E-state index contributed by atoms with van der Waals surface area (Å²) in [5.41, 5.74) is 6.67. The Labute approximate surface area is 102 Å². The molecule has 2 heterocycles. The van der Waals surface area contributed by atoms with Crippen molar-refractivity contribution in [2.45, 2.75) is 38.3 Å². The van der Waals surface area contributed by atoms with Crippen molar-refractivity contribution >= 4 is 5.91 Å². The number of pyridine rings is 1. The highest BCUT2D eigenvalue weighted by Crippen LogP contribution is 2.21. The zero-order chi connectivity index (χ0) is 12.3. The number of nitrogens with two attached hydrogens (primary N) is 1. The Morgan fingerprint density at radius 3 is 2.82 bits per heavy atom. The van der Waals surface area contributed by atoms with Gasteiger partial charge in [0.2, 0.25) is 0 Å². The van der Waals surface area contributed by atoms with Crippen LogP contribution in [0.15, 0.2) is 24.5 Å². The van der Waals surface area contributed by atoms with E-state index in [0.29, 0.717) is 5.56 Å². The topological polar surface area (TPSA) is 59.2 Å². The molecule has 0 unspecified atom stereocenters. The van der Waals surface area contributed by atoms with Crippen molar-refractivity contribution in [2.75, 3.05) is 6.54 Å². The Morgan fingerprint density at radius 1 is 1.47 bits per heavy atom. The number of carbonyl (C=O) groups is 1. The molecule has 2 N–H and O–H groups in total. The minimum Gasteiger partial charge on any atom is -0.334 e. The molecule has 0 aliphatic carbocycles. The Kier molecular flexibility index (Phi) is 3.74. The average Bonchev–Trinajstić information content (AvgIpc) is 2.39. The summed E-state index contributed by atoms with van der Waals surface area (Å²) >= 11 is 0. The van der Waals surface area contributed by atoms with Gasteiger partial charge in [0.15, 0.2) is 0 Å². The van der Waals surface area contributed by atoms with Gasteiger partial charge in [-0.25, -0.2) is 0 Å². The van der Waals surface area contributed by atoms with Crippen LogP contribution in [0.25, 0.3) is 0 Å². The fourth-order valence-corrected chi connectivity index (χ4v) is 2.42. The van der Waals surface area contributed by atoms with Crippen LogP contribution in [0, 0.1) is 0 Å². The number of aromatic nitrogens is 1. The normalized spacial score (nSPS) is 22.2. The maximum atomic E-state index is 12.4. The largest absolute Gasteiger partial charge is 0.334 e. The molecule has 1 amide bonds. The lowest BCUT2D eigenvalue weighted by Crippen LogP contribution is -2.51. The van der Waals surface area contributed by atoms with E-state index in [9.17, 15) is 4.79 Å². The van der Waals surface area contributed by atoms with Crippen molar-refractivity contribution in [2.24, 2.45) is 5.73 Å². The fraction of sp³-hybridized carbons (Fsp3) is 0.538. The van der Waals surface area contributed by atoms with Crippen LogP contribution < -0.4 is 5.73 Å². The van der Waals surface area contributed by atoms with Crippen LogP contribution in [0.5, 0.6) is 0 Å². The monoisotopic (exact) mass is 233 g/mol. The predicted molar refractivity (Wildman–Crippen MR) is 66.6 cm³/mol.